The fourth-order valence-corrected chi connectivity index (χ4v) is 3.34. The molecule has 1 saturated heterocycles. The number of hydrogen-bond donors (Lipinski definition) is 1. The van der Waals surface area contributed by atoms with Gasteiger partial charge in [0.2, 0.25) is 5.95 Å². The summed E-state index contributed by atoms with van der Waals surface area (Å²) in [6.07, 6.45) is 7.29. The second-order valence-corrected chi connectivity index (χ2v) is 7.14. The van der Waals surface area contributed by atoms with E-state index in [1.54, 1.807) is 12.4 Å². The maximum absolute atomic E-state index is 5.54. The SMILES string of the molecule is CCNC(=NCC1(CCOCC)CC1)N1CCN(c2ncccn2)CC1. The number of hydrogen-bond acceptors (Lipinski definition) is 5. The summed E-state index contributed by atoms with van der Waals surface area (Å²) in [4.78, 5) is 18.3. The molecule has 0 spiro atoms. The number of ether oxygens (including phenoxy) is 1. The van der Waals surface area contributed by atoms with Crippen LogP contribution in [0.4, 0.5) is 5.95 Å². The van der Waals surface area contributed by atoms with E-state index in [0.29, 0.717) is 5.41 Å². The van der Waals surface area contributed by atoms with Gasteiger partial charge in [-0.1, -0.05) is 0 Å². The molecule has 2 fully saturated rings. The lowest BCUT2D eigenvalue weighted by atomic mass is 10.0. The minimum absolute atomic E-state index is 0.384. The van der Waals surface area contributed by atoms with Gasteiger partial charge in [-0.05, 0) is 44.6 Å². The predicted molar refractivity (Wildman–Crippen MR) is 105 cm³/mol. The van der Waals surface area contributed by atoms with Gasteiger partial charge in [-0.25, -0.2) is 9.97 Å². The van der Waals surface area contributed by atoms with Crippen LogP contribution in [-0.2, 0) is 4.74 Å². The molecule has 1 saturated carbocycles. The van der Waals surface area contributed by atoms with Crippen LogP contribution in [0.2, 0.25) is 0 Å². The zero-order valence-corrected chi connectivity index (χ0v) is 16.2. The molecule has 0 atom stereocenters. The van der Waals surface area contributed by atoms with E-state index in [1.165, 1.54) is 12.8 Å². The summed E-state index contributed by atoms with van der Waals surface area (Å²) in [6.45, 7) is 11.4. The Morgan fingerprint density at radius 2 is 1.92 bits per heavy atom. The van der Waals surface area contributed by atoms with Crippen LogP contribution in [-0.4, -0.2) is 73.3 Å². The minimum Gasteiger partial charge on any atom is -0.382 e. The fourth-order valence-electron chi connectivity index (χ4n) is 3.34. The Morgan fingerprint density at radius 3 is 2.54 bits per heavy atom. The molecule has 0 radical (unpaired) electrons. The molecule has 0 aromatic carbocycles. The number of nitrogens with one attached hydrogen (secondary N) is 1. The molecule has 0 amide bonds. The molecular formula is C19H32N6O. The molecule has 2 aliphatic rings. The molecule has 1 aliphatic carbocycles. The summed E-state index contributed by atoms with van der Waals surface area (Å²) in [7, 11) is 0. The number of guanidine groups is 1. The zero-order chi connectivity index (χ0) is 18.2. The van der Waals surface area contributed by atoms with Crippen LogP contribution in [0.15, 0.2) is 23.5 Å². The van der Waals surface area contributed by atoms with Gasteiger partial charge in [0.15, 0.2) is 5.96 Å². The van der Waals surface area contributed by atoms with Crippen LogP contribution in [0.3, 0.4) is 0 Å². The van der Waals surface area contributed by atoms with Gasteiger partial charge in [0.25, 0.3) is 0 Å². The lowest BCUT2D eigenvalue weighted by Crippen LogP contribution is -2.53. The highest BCUT2D eigenvalue weighted by Gasteiger charge is 2.42. The van der Waals surface area contributed by atoms with Gasteiger partial charge in [0, 0.05) is 64.9 Å². The molecule has 7 heteroatoms. The van der Waals surface area contributed by atoms with Crippen molar-refractivity contribution in [3.63, 3.8) is 0 Å². The monoisotopic (exact) mass is 360 g/mol. The molecule has 26 heavy (non-hydrogen) atoms. The van der Waals surface area contributed by atoms with E-state index in [0.717, 1.165) is 70.8 Å². The lowest BCUT2D eigenvalue weighted by molar-refractivity contribution is 0.129. The average molecular weight is 361 g/mol. The molecule has 3 rings (SSSR count). The van der Waals surface area contributed by atoms with Gasteiger partial charge in [-0.15, -0.1) is 0 Å². The van der Waals surface area contributed by atoms with E-state index < -0.39 is 0 Å². The molecule has 1 aliphatic heterocycles. The minimum atomic E-state index is 0.384. The van der Waals surface area contributed by atoms with Crippen LogP contribution >= 0.6 is 0 Å². The number of nitrogens with zero attached hydrogens (tertiary/aromatic N) is 5. The molecule has 1 aromatic heterocycles. The van der Waals surface area contributed by atoms with Crippen molar-refractivity contribution in [3.8, 4) is 0 Å². The van der Waals surface area contributed by atoms with Crippen molar-refractivity contribution in [1.82, 2.24) is 20.2 Å². The molecule has 144 valence electrons. The summed E-state index contributed by atoms with van der Waals surface area (Å²) in [5.41, 5.74) is 0.384. The summed E-state index contributed by atoms with van der Waals surface area (Å²) in [6, 6.07) is 1.86. The van der Waals surface area contributed by atoms with Crippen molar-refractivity contribution in [2.75, 3.05) is 57.4 Å². The maximum Gasteiger partial charge on any atom is 0.225 e. The van der Waals surface area contributed by atoms with Crippen LogP contribution in [0, 0.1) is 5.41 Å². The highest BCUT2D eigenvalue weighted by Crippen LogP contribution is 2.49. The molecule has 7 nitrogen and oxygen atoms in total. The van der Waals surface area contributed by atoms with E-state index in [1.807, 2.05) is 6.07 Å². The van der Waals surface area contributed by atoms with E-state index in [4.69, 9.17) is 9.73 Å². The highest BCUT2D eigenvalue weighted by molar-refractivity contribution is 5.80. The molecule has 1 N–H and O–H groups in total. The highest BCUT2D eigenvalue weighted by atomic mass is 16.5. The van der Waals surface area contributed by atoms with Gasteiger partial charge < -0.3 is 19.9 Å². The van der Waals surface area contributed by atoms with Crippen molar-refractivity contribution < 1.29 is 4.74 Å². The van der Waals surface area contributed by atoms with E-state index >= 15 is 0 Å². The van der Waals surface area contributed by atoms with E-state index in [2.05, 4.69) is 38.9 Å². The van der Waals surface area contributed by atoms with Crippen molar-refractivity contribution in [2.45, 2.75) is 33.1 Å². The predicted octanol–water partition coefficient (Wildman–Crippen LogP) is 1.77. The molecule has 0 bridgehead atoms. The Labute approximate surface area is 156 Å². The van der Waals surface area contributed by atoms with Crippen molar-refractivity contribution in [1.29, 1.82) is 0 Å². The second-order valence-electron chi connectivity index (χ2n) is 7.14. The van der Waals surface area contributed by atoms with Crippen molar-refractivity contribution in [3.05, 3.63) is 18.5 Å². The van der Waals surface area contributed by atoms with Gasteiger partial charge >= 0.3 is 0 Å². The average Bonchev–Trinajstić information content (AvgIpc) is 3.46. The fraction of sp³-hybridized carbons (Fsp3) is 0.737. The smallest absolute Gasteiger partial charge is 0.225 e. The topological polar surface area (TPSA) is 65.9 Å². The third kappa shape index (κ3) is 5.06. The number of aromatic nitrogens is 2. The number of anilines is 1. The number of rotatable bonds is 8. The normalized spacial score (nSPS) is 19.5. The summed E-state index contributed by atoms with van der Waals surface area (Å²) in [5.74, 6) is 1.87. The van der Waals surface area contributed by atoms with Gasteiger partial charge in [-0.2, -0.15) is 0 Å². The zero-order valence-electron chi connectivity index (χ0n) is 16.2. The lowest BCUT2D eigenvalue weighted by Gasteiger charge is -2.36. The Kier molecular flexibility index (Phi) is 6.66. The third-order valence-electron chi connectivity index (χ3n) is 5.25. The summed E-state index contributed by atoms with van der Waals surface area (Å²) in [5, 5.41) is 3.47. The summed E-state index contributed by atoms with van der Waals surface area (Å²) < 4.78 is 5.54. The van der Waals surface area contributed by atoms with Gasteiger partial charge in [0.05, 0.1) is 0 Å². The van der Waals surface area contributed by atoms with Gasteiger partial charge in [-0.3, -0.25) is 4.99 Å². The first-order valence-corrected chi connectivity index (χ1v) is 9.89. The van der Waals surface area contributed by atoms with Crippen LogP contribution in [0.1, 0.15) is 33.1 Å². The largest absolute Gasteiger partial charge is 0.382 e. The van der Waals surface area contributed by atoms with Crippen LogP contribution in [0.25, 0.3) is 0 Å². The van der Waals surface area contributed by atoms with Crippen LogP contribution < -0.4 is 10.2 Å². The van der Waals surface area contributed by atoms with Crippen molar-refractivity contribution in [2.24, 2.45) is 10.4 Å². The first-order chi connectivity index (χ1) is 12.8. The number of piperazine rings is 1. The van der Waals surface area contributed by atoms with E-state index in [-0.39, 0.29) is 0 Å². The Morgan fingerprint density at radius 1 is 1.19 bits per heavy atom. The molecular weight excluding hydrogens is 328 g/mol. The standard InChI is InChI=1S/C19H32N6O/c1-3-20-17(23-16-19(6-7-19)8-15-26-4-2)24-11-13-25(14-12-24)18-21-9-5-10-22-18/h5,9-10H,3-4,6-8,11-16H2,1-2H3,(H,20,23). The molecule has 0 unspecified atom stereocenters. The second kappa shape index (κ2) is 9.16. The maximum atomic E-state index is 5.54. The first-order valence-electron chi connectivity index (χ1n) is 9.89. The van der Waals surface area contributed by atoms with Gasteiger partial charge in [0.1, 0.15) is 0 Å². The molecule has 2 heterocycles. The molecule has 1 aromatic rings. The quantitative estimate of drug-likeness (QED) is 0.433. The third-order valence-corrected chi connectivity index (χ3v) is 5.25. The Hall–Kier alpha value is -1.89. The van der Waals surface area contributed by atoms with Crippen LogP contribution in [0.5, 0.6) is 0 Å². The van der Waals surface area contributed by atoms with E-state index in [9.17, 15) is 0 Å². The number of aliphatic imine (C=N–C) groups is 1. The summed E-state index contributed by atoms with van der Waals surface area (Å²) >= 11 is 0. The first kappa shape index (κ1) is 18.9. The Bertz CT molecular complexity index is 567. The van der Waals surface area contributed by atoms with Crippen molar-refractivity contribution >= 4 is 11.9 Å². The Balaban J connectivity index is 1.53.